The zero-order valence-electron chi connectivity index (χ0n) is 15.9. The lowest BCUT2D eigenvalue weighted by molar-refractivity contribution is -0.384. The average molecular weight is 414 g/mol. The minimum absolute atomic E-state index is 0.130. The number of ether oxygens (including phenoxy) is 1. The second-order valence-corrected chi connectivity index (χ2v) is 6.47. The molecule has 0 saturated carbocycles. The van der Waals surface area contributed by atoms with Crippen LogP contribution >= 0.6 is 0 Å². The van der Waals surface area contributed by atoms with Crippen LogP contribution < -0.4 is 4.74 Å². The van der Waals surface area contributed by atoms with Gasteiger partial charge in [-0.05, 0) is 24.3 Å². The Morgan fingerprint density at radius 3 is 2.35 bits per heavy atom. The van der Waals surface area contributed by atoms with Crippen molar-refractivity contribution in [3.8, 4) is 5.75 Å². The summed E-state index contributed by atoms with van der Waals surface area (Å²) in [6.45, 7) is 0. The fourth-order valence-electron chi connectivity index (χ4n) is 2.94. The number of esters is 1. The molecule has 4 rings (SSSR count). The molecule has 0 bridgehead atoms. The molecule has 0 aromatic heterocycles. The molecule has 0 fully saturated rings. The van der Waals surface area contributed by atoms with Crippen molar-refractivity contribution in [3.63, 3.8) is 0 Å². The summed E-state index contributed by atoms with van der Waals surface area (Å²) in [5.74, 6) is -1.09. The Balaban J connectivity index is 1.63. The minimum atomic E-state index is -0.688. The fraction of sp³-hybridized carbons (Fsp3) is 0. The first-order valence-electron chi connectivity index (χ1n) is 9.15. The van der Waals surface area contributed by atoms with Crippen molar-refractivity contribution < 1.29 is 24.1 Å². The van der Waals surface area contributed by atoms with E-state index in [1.165, 1.54) is 24.3 Å². The highest BCUT2D eigenvalue weighted by Gasteiger charge is 2.27. The predicted octanol–water partition coefficient (Wildman–Crippen LogP) is 4.16. The van der Waals surface area contributed by atoms with Crippen molar-refractivity contribution in [2.24, 2.45) is 5.16 Å². The molecule has 0 N–H and O–H groups in total. The van der Waals surface area contributed by atoms with Crippen LogP contribution in [0.2, 0.25) is 0 Å². The molecule has 0 radical (unpaired) electrons. The summed E-state index contributed by atoms with van der Waals surface area (Å²) >= 11 is 0. The largest absolute Gasteiger partial charge is 0.422 e. The third-order valence-corrected chi connectivity index (χ3v) is 4.48. The number of nitro groups is 1. The van der Waals surface area contributed by atoms with Crippen LogP contribution in [0.3, 0.4) is 0 Å². The maximum atomic E-state index is 12.5. The Hall–Kier alpha value is -4.59. The lowest BCUT2D eigenvalue weighted by Gasteiger charge is -2.08. The SMILES string of the molecule is O=C1ON=C(c2ccccc2)/C1=C/c1ccccc1OC(=O)c1ccc([N+](=O)[O-])cc1. The average Bonchev–Trinajstić information content (AvgIpc) is 3.16. The van der Waals surface area contributed by atoms with Gasteiger partial charge in [-0.25, -0.2) is 9.59 Å². The molecule has 3 aromatic carbocycles. The number of para-hydroxylation sites is 1. The lowest BCUT2D eigenvalue weighted by Crippen LogP contribution is -2.10. The third-order valence-electron chi connectivity index (χ3n) is 4.48. The van der Waals surface area contributed by atoms with E-state index in [4.69, 9.17) is 9.57 Å². The van der Waals surface area contributed by atoms with Crippen LogP contribution in [-0.4, -0.2) is 22.6 Å². The van der Waals surface area contributed by atoms with Crippen LogP contribution in [0.4, 0.5) is 5.69 Å². The second kappa shape index (κ2) is 8.42. The maximum absolute atomic E-state index is 12.5. The monoisotopic (exact) mass is 414 g/mol. The number of carbonyl (C=O) groups is 2. The number of hydrogen-bond donors (Lipinski definition) is 0. The zero-order valence-corrected chi connectivity index (χ0v) is 15.9. The van der Waals surface area contributed by atoms with Gasteiger partial charge in [0.2, 0.25) is 0 Å². The fourth-order valence-corrected chi connectivity index (χ4v) is 2.94. The molecule has 3 aromatic rings. The van der Waals surface area contributed by atoms with Crippen molar-refractivity contribution in [2.75, 3.05) is 0 Å². The standard InChI is InChI=1S/C23H14N2O6/c26-22(16-10-12-18(13-11-16)25(28)29)30-20-9-5-4-8-17(20)14-19-21(24-31-23(19)27)15-6-2-1-3-7-15/h1-14H/b19-14-. The van der Waals surface area contributed by atoms with E-state index >= 15 is 0 Å². The van der Waals surface area contributed by atoms with E-state index in [9.17, 15) is 19.7 Å². The zero-order chi connectivity index (χ0) is 21.8. The number of rotatable bonds is 5. The van der Waals surface area contributed by atoms with E-state index in [-0.39, 0.29) is 22.6 Å². The van der Waals surface area contributed by atoms with Gasteiger partial charge in [0.25, 0.3) is 5.69 Å². The molecular formula is C23H14N2O6. The van der Waals surface area contributed by atoms with Crippen molar-refractivity contribution in [1.82, 2.24) is 0 Å². The van der Waals surface area contributed by atoms with Crippen molar-refractivity contribution in [3.05, 3.63) is 111 Å². The number of carbonyl (C=O) groups excluding carboxylic acids is 2. The number of nitro benzene ring substituents is 1. The second-order valence-electron chi connectivity index (χ2n) is 6.47. The van der Waals surface area contributed by atoms with Gasteiger partial charge >= 0.3 is 11.9 Å². The van der Waals surface area contributed by atoms with Gasteiger partial charge in [-0.15, -0.1) is 0 Å². The third kappa shape index (κ3) is 4.23. The topological polar surface area (TPSA) is 108 Å². The molecule has 8 nitrogen and oxygen atoms in total. The summed E-state index contributed by atoms with van der Waals surface area (Å²) in [6, 6.07) is 20.8. The van der Waals surface area contributed by atoms with E-state index in [0.717, 1.165) is 0 Å². The van der Waals surface area contributed by atoms with Crippen LogP contribution in [0.5, 0.6) is 5.75 Å². The Kier molecular flexibility index (Phi) is 5.35. The molecule has 8 heteroatoms. The molecule has 0 unspecified atom stereocenters. The van der Waals surface area contributed by atoms with Crippen molar-refractivity contribution >= 4 is 29.4 Å². The summed E-state index contributed by atoms with van der Waals surface area (Å²) in [5.41, 5.74) is 1.80. The number of non-ortho nitro benzene ring substituents is 1. The number of hydrogen-bond acceptors (Lipinski definition) is 7. The molecule has 0 spiro atoms. The number of oxime groups is 1. The van der Waals surface area contributed by atoms with E-state index in [0.29, 0.717) is 16.8 Å². The Labute approximate surface area is 176 Å². The first-order valence-corrected chi connectivity index (χ1v) is 9.15. The predicted molar refractivity (Wildman–Crippen MR) is 112 cm³/mol. The molecule has 1 aliphatic heterocycles. The van der Waals surface area contributed by atoms with E-state index in [2.05, 4.69) is 5.16 Å². The molecule has 152 valence electrons. The molecule has 1 heterocycles. The van der Waals surface area contributed by atoms with E-state index in [1.54, 1.807) is 42.5 Å². The summed E-state index contributed by atoms with van der Waals surface area (Å²) in [6.07, 6.45) is 1.54. The highest BCUT2D eigenvalue weighted by molar-refractivity contribution is 6.31. The molecule has 31 heavy (non-hydrogen) atoms. The summed E-state index contributed by atoms with van der Waals surface area (Å²) in [4.78, 5) is 39.8. The molecule has 1 aliphatic rings. The number of benzene rings is 3. The van der Waals surface area contributed by atoms with Crippen LogP contribution in [0.25, 0.3) is 6.08 Å². The van der Waals surface area contributed by atoms with Crippen LogP contribution in [0, 0.1) is 10.1 Å². The van der Waals surface area contributed by atoms with E-state index < -0.39 is 16.9 Å². The molecule has 0 atom stereocenters. The quantitative estimate of drug-likeness (QED) is 0.155. The molecular weight excluding hydrogens is 400 g/mol. The normalized spacial score (nSPS) is 14.1. The smallest absolute Gasteiger partial charge is 0.368 e. The highest BCUT2D eigenvalue weighted by Crippen LogP contribution is 2.26. The van der Waals surface area contributed by atoms with Crippen molar-refractivity contribution in [2.45, 2.75) is 0 Å². The Morgan fingerprint density at radius 2 is 1.65 bits per heavy atom. The van der Waals surface area contributed by atoms with Gasteiger partial charge in [-0.1, -0.05) is 53.7 Å². The summed E-state index contributed by atoms with van der Waals surface area (Å²) < 4.78 is 5.47. The maximum Gasteiger partial charge on any atom is 0.368 e. The molecule has 0 aliphatic carbocycles. The minimum Gasteiger partial charge on any atom is -0.422 e. The lowest BCUT2D eigenvalue weighted by atomic mass is 10.0. The first kappa shape index (κ1) is 19.7. The molecule has 0 saturated heterocycles. The summed E-state index contributed by atoms with van der Waals surface area (Å²) in [7, 11) is 0. The molecule has 0 amide bonds. The van der Waals surface area contributed by atoms with E-state index in [1.807, 2.05) is 18.2 Å². The summed E-state index contributed by atoms with van der Waals surface area (Å²) in [5, 5.41) is 14.6. The van der Waals surface area contributed by atoms with Crippen LogP contribution in [0.15, 0.2) is 89.6 Å². The van der Waals surface area contributed by atoms with Gasteiger partial charge < -0.3 is 9.57 Å². The van der Waals surface area contributed by atoms with Crippen LogP contribution in [0.1, 0.15) is 21.5 Å². The van der Waals surface area contributed by atoms with Gasteiger partial charge in [0.05, 0.1) is 16.1 Å². The number of nitrogens with zero attached hydrogens (tertiary/aromatic N) is 2. The first-order chi connectivity index (χ1) is 15.0. The van der Waals surface area contributed by atoms with Gasteiger partial charge in [-0.3, -0.25) is 10.1 Å². The van der Waals surface area contributed by atoms with Gasteiger partial charge in [-0.2, -0.15) is 0 Å². The van der Waals surface area contributed by atoms with Crippen molar-refractivity contribution in [1.29, 1.82) is 0 Å². The Bertz CT molecular complexity index is 1230. The van der Waals surface area contributed by atoms with Crippen LogP contribution in [-0.2, 0) is 9.63 Å². The highest BCUT2D eigenvalue weighted by atomic mass is 16.7. The Morgan fingerprint density at radius 1 is 0.968 bits per heavy atom. The van der Waals surface area contributed by atoms with Gasteiger partial charge in [0.1, 0.15) is 11.5 Å². The van der Waals surface area contributed by atoms with Gasteiger partial charge in [0, 0.05) is 23.3 Å². The van der Waals surface area contributed by atoms with Gasteiger partial charge in [0.15, 0.2) is 0 Å².